The van der Waals surface area contributed by atoms with Crippen LogP contribution in [0.5, 0.6) is 0 Å². The Labute approximate surface area is 122 Å². The molecule has 1 aromatic carbocycles. The quantitative estimate of drug-likeness (QED) is 0.629. The molecule has 1 heterocycles. The van der Waals surface area contributed by atoms with E-state index in [0.717, 1.165) is 0 Å². The van der Waals surface area contributed by atoms with Crippen molar-refractivity contribution in [2.24, 2.45) is 5.92 Å². The number of carboxylic acids is 1. The first kappa shape index (κ1) is 15.4. The second-order valence-corrected chi connectivity index (χ2v) is 5.28. The molecule has 0 bridgehead atoms. The molecular formula is C14H18N2O5. The van der Waals surface area contributed by atoms with Crippen LogP contribution in [0.25, 0.3) is 0 Å². The van der Waals surface area contributed by atoms with Crippen LogP contribution in [-0.2, 0) is 4.79 Å². The Kier molecular flexibility index (Phi) is 4.87. The monoisotopic (exact) mass is 294 g/mol. The van der Waals surface area contributed by atoms with Gasteiger partial charge >= 0.3 is 5.97 Å². The number of nitro groups is 1. The maximum Gasteiger partial charge on any atom is 0.306 e. The minimum atomic E-state index is -0.759. The second-order valence-electron chi connectivity index (χ2n) is 5.28. The first-order chi connectivity index (χ1) is 9.97. The fraction of sp³-hybridized carbons (Fsp3) is 0.500. The van der Waals surface area contributed by atoms with Gasteiger partial charge in [-0.15, -0.1) is 0 Å². The summed E-state index contributed by atoms with van der Waals surface area (Å²) in [5.41, 5.74) is 0.620. The molecule has 0 radical (unpaired) electrons. The smallest absolute Gasteiger partial charge is 0.306 e. The number of nitro benzene ring substituents is 1. The summed E-state index contributed by atoms with van der Waals surface area (Å²) in [7, 11) is 0. The lowest BCUT2D eigenvalue weighted by atomic mass is 9.96. The van der Waals surface area contributed by atoms with E-state index in [1.165, 1.54) is 12.1 Å². The van der Waals surface area contributed by atoms with E-state index in [2.05, 4.69) is 0 Å². The number of carbonyl (C=O) groups is 1. The third kappa shape index (κ3) is 3.99. The van der Waals surface area contributed by atoms with Gasteiger partial charge in [-0.1, -0.05) is 0 Å². The average Bonchev–Trinajstić information content (AvgIpc) is 2.47. The fourth-order valence-corrected chi connectivity index (χ4v) is 2.53. The van der Waals surface area contributed by atoms with E-state index in [1.807, 2.05) is 4.90 Å². The fourth-order valence-electron chi connectivity index (χ4n) is 2.53. The summed E-state index contributed by atoms with van der Waals surface area (Å²) in [6.45, 7) is 1.69. The van der Waals surface area contributed by atoms with E-state index in [4.69, 9.17) is 5.11 Å². The first-order valence-corrected chi connectivity index (χ1v) is 6.85. The van der Waals surface area contributed by atoms with E-state index >= 15 is 0 Å². The Morgan fingerprint density at radius 1 is 1.33 bits per heavy atom. The summed E-state index contributed by atoms with van der Waals surface area (Å²) in [6, 6.07) is 5.84. The topological polar surface area (TPSA) is 104 Å². The number of nitrogens with zero attached hydrogens (tertiary/aromatic N) is 2. The summed E-state index contributed by atoms with van der Waals surface area (Å²) < 4.78 is 0. The third-order valence-corrected chi connectivity index (χ3v) is 3.86. The Morgan fingerprint density at radius 3 is 2.38 bits per heavy atom. The molecule has 1 saturated heterocycles. The van der Waals surface area contributed by atoms with Crippen LogP contribution in [0.15, 0.2) is 24.3 Å². The van der Waals surface area contributed by atoms with Gasteiger partial charge in [0.1, 0.15) is 0 Å². The zero-order chi connectivity index (χ0) is 15.4. The van der Waals surface area contributed by atoms with E-state index in [1.54, 1.807) is 12.1 Å². The summed E-state index contributed by atoms with van der Waals surface area (Å²) in [5, 5.41) is 29.7. The van der Waals surface area contributed by atoms with Gasteiger partial charge < -0.3 is 15.1 Å². The molecule has 7 heteroatoms. The predicted octanol–water partition coefficient (Wildman–Crippen LogP) is 1.42. The number of β-amino-alcohol motifs (C(OH)–C–C–N with tert-alkyl or cyclic N) is 1. The number of non-ortho nitro benzene ring substituents is 1. The largest absolute Gasteiger partial charge is 0.481 e. The molecule has 114 valence electrons. The Bertz CT molecular complexity index is 509. The lowest BCUT2D eigenvalue weighted by molar-refractivity contribution is -0.384. The maximum absolute atomic E-state index is 10.9. The first-order valence-electron chi connectivity index (χ1n) is 6.85. The molecule has 0 spiro atoms. The summed E-state index contributed by atoms with van der Waals surface area (Å²) in [4.78, 5) is 23.0. The zero-order valence-electron chi connectivity index (χ0n) is 11.5. The van der Waals surface area contributed by atoms with Gasteiger partial charge in [-0.2, -0.15) is 0 Å². The Hall–Kier alpha value is -1.99. The molecule has 1 atom stereocenters. The van der Waals surface area contributed by atoms with Crippen LogP contribution in [0.3, 0.4) is 0 Å². The van der Waals surface area contributed by atoms with Crippen molar-refractivity contribution < 1.29 is 19.9 Å². The number of benzene rings is 1. The SMILES string of the molecule is O=C(O)C1CCN(CC(O)c2ccc([N+](=O)[O-])cc2)CC1. The number of hydrogen-bond acceptors (Lipinski definition) is 5. The molecule has 1 fully saturated rings. The standard InChI is InChI=1S/C14H18N2O5/c17-13(10-1-3-12(4-2-10)16(20)21)9-15-7-5-11(6-8-15)14(18)19/h1-4,11,13,17H,5-9H2,(H,18,19). The number of aliphatic carboxylic acids is 1. The highest BCUT2D eigenvalue weighted by atomic mass is 16.6. The molecule has 1 aromatic rings. The number of aliphatic hydroxyl groups excluding tert-OH is 1. The maximum atomic E-state index is 10.9. The number of piperidine rings is 1. The van der Waals surface area contributed by atoms with Crippen LogP contribution >= 0.6 is 0 Å². The normalized spacial score (nSPS) is 18.3. The predicted molar refractivity (Wildman–Crippen MR) is 74.9 cm³/mol. The minimum Gasteiger partial charge on any atom is -0.481 e. The van der Waals surface area contributed by atoms with Crippen molar-refractivity contribution in [2.75, 3.05) is 19.6 Å². The molecule has 21 heavy (non-hydrogen) atoms. The lowest BCUT2D eigenvalue weighted by Gasteiger charge is -2.31. The molecule has 1 aliphatic heterocycles. The number of carboxylic acid groups (broad SMARTS) is 1. The second kappa shape index (κ2) is 6.64. The highest BCUT2D eigenvalue weighted by Crippen LogP contribution is 2.22. The van der Waals surface area contributed by atoms with Crippen LogP contribution in [0.2, 0.25) is 0 Å². The molecule has 2 rings (SSSR count). The van der Waals surface area contributed by atoms with E-state index < -0.39 is 17.0 Å². The van der Waals surface area contributed by atoms with Crippen molar-refractivity contribution in [1.82, 2.24) is 4.90 Å². The van der Waals surface area contributed by atoms with E-state index in [9.17, 15) is 20.0 Å². The molecule has 0 aromatic heterocycles. The van der Waals surface area contributed by atoms with E-state index in [0.29, 0.717) is 38.0 Å². The number of rotatable bonds is 5. The van der Waals surface area contributed by atoms with Gasteiger partial charge in [0.2, 0.25) is 0 Å². The molecule has 7 nitrogen and oxygen atoms in total. The van der Waals surface area contributed by atoms with Crippen LogP contribution in [0.1, 0.15) is 24.5 Å². The highest BCUT2D eigenvalue weighted by Gasteiger charge is 2.25. The van der Waals surface area contributed by atoms with Crippen molar-refractivity contribution in [3.8, 4) is 0 Å². The summed E-state index contributed by atoms with van der Waals surface area (Å²) in [5.74, 6) is -1.05. The van der Waals surface area contributed by atoms with E-state index in [-0.39, 0.29) is 11.6 Å². The van der Waals surface area contributed by atoms with Crippen molar-refractivity contribution in [2.45, 2.75) is 18.9 Å². The summed E-state index contributed by atoms with van der Waals surface area (Å²) >= 11 is 0. The third-order valence-electron chi connectivity index (χ3n) is 3.86. The molecule has 0 saturated carbocycles. The minimum absolute atomic E-state index is 0.00628. The molecule has 0 aliphatic carbocycles. The number of hydrogen-bond donors (Lipinski definition) is 2. The Morgan fingerprint density at radius 2 is 1.90 bits per heavy atom. The van der Waals surface area contributed by atoms with Crippen LogP contribution < -0.4 is 0 Å². The molecule has 0 amide bonds. The number of likely N-dealkylation sites (tertiary alicyclic amines) is 1. The van der Waals surface area contributed by atoms with Crippen molar-refractivity contribution >= 4 is 11.7 Å². The summed E-state index contributed by atoms with van der Waals surface area (Å²) in [6.07, 6.45) is 0.442. The molecule has 2 N–H and O–H groups in total. The van der Waals surface area contributed by atoms with Gasteiger partial charge in [0.15, 0.2) is 0 Å². The van der Waals surface area contributed by atoms with Gasteiger partial charge in [0, 0.05) is 18.7 Å². The van der Waals surface area contributed by atoms with Crippen molar-refractivity contribution in [1.29, 1.82) is 0 Å². The van der Waals surface area contributed by atoms with Crippen molar-refractivity contribution in [3.63, 3.8) is 0 Å². The van der Waals surface area contributed by atoms with Crippen LogP contribution in [-0.4, -0.2) is 45.6 Å². The molecule has 1 aliphatic rings. The van der Waals surface area contributed by atoms with Gasteiger partial charge in [0.05, 0.1) is 16.9 Å². The van der Waals surface area contributed by atoms with Gasteiger partial charge in [-0.25, -0.2) is 0 Å². The molecule has 1 unspecified atom stereocenters. The van der Waals surface area contributed by atoms with Crippen LogP contribution in [0, 0.1) is 16.0 Å². The van der Waals surface area contributed by atoms with Gasteiger partial charge in [0.25, 0.3) is 5.69 Å². The van der Waals surface area contributed by atoms with Crippen molar-refractivity contribution in [3.05, 3.63) is 39.9 Å². The zero-order valence-corrected chi connectivity index (χ0v) is 11.5. The Balaban J connectivity index is 1.88. The average molecular weight is 294 g/mol. The van der Waals surface area contributed by atoms with Gasteiger partial charge in [-0.05, 0) is 43.6 Å². The molecular weight excluding hydrogens is 276 g/mol. The van der Waals surface area contributed by atoms with Crippen LogP contribution in [0.4, 0.5) is 5.69 Å². The van der Waals surface area contributed by atoms with Gasteiger partial charge in [-0.3, -0.25) is 14.9 Å². The lowest BCUT2D eigenvalue weighted by Crippen LogP contribution is -2.38. The highest BCUT2D eigenvalue weighted by molar-refractivity contribution is 5.70. The number of aliphatic hydroxyl groups is 1.